The molecule has 90 valence electrons. The Kier molecular flexibility index (Phi) is 2.36. The lowest BCUT2D eigenvalue weighted by atomic mass is 10.1. The van der Waals surface area contributed by atoms with Crippen molar-refractivity contribution in [3.63, 3.8) is 0 Å². The predicted molar refractivity (Wildman–Crippen MR) is 65.8 cm³/mol. The third-order valence-electron chi connectivity index (χ3n) is 3.20. The van der Waals surface area contributed by atoms with Gasteiger partial charge in [-0.25, -0.2) is 15.0 Å². The van der Waals surface area contributed by atoms with E-state index in [1.54, 1.807) is 0 Å². The molecule has 2 aromatic heterocycles. The minimum atomic E-state index is 0.380. The van der Waals surface area contributed by atoms with Crippen LogP contribution in [0.1, 0.15) is 37.0 Å². The van der Waals surface area contributed by atoms with Crippen molar-refractivity contribution in [3.8, 4) is 0 Å². The van der Waals surface area contributed by atoms with Crippen LogP contribution in [0.25, 0.3) is 11.3 Å². The lowest BCUT2D eigenvalue weighted by Gasteiger charge is -2.22. The minimum Gasteiger partial charge on any atom is -0.325 e. The fraction of sp³-hybridized carbons (Fsp3) is 0.583. The first kappa shape index (κ1) is 10.7. The summed E-state index contributed by atoms with van der Waals surface area (Å²) in [6.07, 6.45) is 0.971. The molecule has 0 saturated carbocycles. The third kappa shape index (κ3) is 1.80. The summed E-state index contributed by atoms with van der Waals surface area (Å²) in [5.41, 5.74) is 3.78. The highest BCUT2D eigenvalue weighted by Crippen LogP contribution is 2.19. The third-order valence-corrected chi connectivity index (χ3v) is 3.20. The topological polar surface area (TPSA) is 57.7 Å². The molecule has 3 heterocycles. The van der Waals surface area contributed by atoms with Crippen LogP contribution >= 0.6 is 0 Å². The van der Waals surface area contributed by atoms with Crippen LogP contribution in [0.2, 0.25) is 0 Å². The Balaban J connectivity index is 2.12. The Morgan fingerprint density at radius 2 is 2.00 bits per heavy atom. The maximum atomic E-state index is 4.65. The van der Waals surface area contributed by atoms with Gasteiger partial charge in [0.2, 0.25) is 0 Å². The van der Waals surface area contributed by atoms with Gasteiger partial charge in [-0.05, 0) is 7.05 Å². The molecule has 0 atom stereocenters. The summed E-state index contributed by atoms with van der Waals surface area (Å²) in [5.74, 6) is 1.35. The van der Waals surface area contributed by atoms with Crippen LogP contribution in [-0.2, 0) is 13.0 Å². The molecular formula is C12H17N5. The van der Waals surface area contributed by atoms with E-state index in [0.29, 0.717) is 5.92 Å². The van der Waals surface area contributed by atoms with Crippen LogP contribution in [0.5, 0.6) is 0 Å². The molecule has 0 fully saturated rings. The first-order chi connectivity index (χ1) is 8.13. The molecule has 5 heteroatoms. The van der Waals surface area contributed by atoms with Crippen molar-refractivity contribution in [1.29, 1.82) is 0 Å². The number of aromatic nitrogens is 4. The second kappa shape index (κ2) is 3.77. The zero-order valence-electron chi connectivity index (χ0n) is 10.5. The summed E-state index contributed by atoms with van der Waals surface area (Å²) >= 11 is 0. The van der Waals surface area contributed by atoms with Gasteiger partial charge in [-0.15, -0.1) is 0 Å². The average Bonchev–Trinajstić information content (AvgIpc) is 2.68. The van der Waals surface area contributed by atoms with Crippen LogP contribution in [0.15, 0.2) is 0 Å². The average molecular weight is 231 g/mol. The second-order valence-corrected chi connectivity index (χ2v) is 5.05. The number of aromatic amines is 1. The van der Waals surface area contributed by atoms with Gasteiger partial charge in [0.1, 0.15) is 5.82 Å². The van der Waals surface area contributed by atoms with E-state index in [9.17, 15) is 0 Å². The standard InChI is InChI=1S/C12H17N5/c1-7(2)10-15-11-12(16-10)14-9-6-17(3)5-4-8(9)13-11/h7H,4-6H2,1-3H3,(H,13,14,15,16). The Labute approximate surface area is 100 Å². The molecule has 0 aromatic carbocycles. The van der Waals surface area contributed by atoms with Gasteiger partial charge in [-0.2, -0.15) is 0 Å². The Hall–Kier alpha value is -1.49. The summed E-state index contributed by atoms with van der Waals surface area (Å²) in [5, 5.41) is 0. The maximum Gasteiger partial charge on any atom is 0.197 e. The molecule has 2 aromatic rings. The van der Waals surface area contributed by atoms with Crippen molar-refractivity contribution < 1.29 is 0 Å². The Morgan fingerprint density at radius 1 is 1.18 bits per heavy atom. The molecule has 5 nitrogen and oxygen atoms in total. The van der Waals surface area contributed by atoms with E-state index in [1.807, 2.05) is 0 Å². The molecule has 3 rings (SSSR count). The summed E-state index contributed by atoms with van der Waals surface area (Å²) in [4.78, 5) is 19.3. The SMILES string of the molecule is CC(C)c1nc2nc3c(nc2[nH]1)CN(C)CC3. The Bertz CT molecular complexity index is 557. The highest BCUT2D eigenvalue weighted by molar-refractivity contribution is 5.66. The molecule has 0 unspecified atom stereocenters. The summed E-state index contributed by atoms with van der Waals surface area (Å²) < 4.78 is 0. The second-order valence-electron chi connectivity index (χ2n) is 5.05. The molecule has 0 radical (unpaired) electrons. The molecule has 0 amide bonds. The van der Waals surface area contributed by atoms with Crippen molar-refractivity contribution in [2.45, 2.75) is 32.7 Å². The van der Waals surface area contributed by atoms with Gasteiger partial charge < -0.3 is 9.88 Å². The van der Waals surface area contributed by atoms with E-state index in [-0.39, 0.29) is 0 Å². The molecule has 1 aliphatic rings. The fourth-order valence-electron chi connectivity index (χ4n) is 2.15. The Morgan fingerprint density at radius 3 is 2.76 bits per heavy atom. The van der Waals surface area contributed by atoms with E-state index in [2.05, 4.69) is 45.7 Å². The molecule has 17 heavy (non-hydrogen) atoms. The van der Waals surface area contributed by atoms with E-state index in [0.717, 1.165) is 48.0 Å². The molecule has 0 spiro atoms. The lowest BCUT2D eigenvalue weighted by Crippen LogP contribution is -2.28. The van der Waals surface area contributed by atoms with Gasteiger partial charge in [0.05, 0.1) is 11.4 Å². The van der Waals surface area contributed by atoms with E-state index in [4.69, 9.17) is 0 Å². The summed E-state index contributed by atoms with van der Waals surface area (Å²) in [6, 6.07) is 0. The smallest absolute Gasteiger partial charge is 0.197 e. The number of hydrogen-bond donors (Lipinski definition) is 1. The van der Waals surface area contributed by atoms with Gasteiger partial charge in [0, 0.05) is 25.4 Å². The highest BCUT2D eigenvalue weighted by atomic mass is 15.1. The van der Waals surface area contributed by atoms with Gasteiger partial charge in [-0.3, -0.25) is 0 Å². The van der Waals surface area contributed by atoms with Crippen molar-refractivity contribution >= 4 is 11.3 Å². The summed E-state index contributed by atoms with van der Waals surface area (Å²) in [7, 11) is 2.11. The van der Waals surface area contributed by atoms with Crippen molar-refractivity contribution in [2.75, 3.05) is 13.6 Å². The number of hydrogen-bond acceptors (Lipinski definition) is 4. The van der Waals surface area contributed by atoms with Crippen molar-refractivity contribution in [3.05, 3.63) is 17.2 Å². The highest BCUT2D eigenvalue weighted by Gasteiger charge is 2.18. The van der Waals surface area contributed by atoms with Crippen LogP contribution in [-0.4, -0.2) is 38.4 Å². The fourth-order valence-corrected chi connectivity index (χ4v) is 2.15. The monoisotopic (exact) mass is 231 g/mol. The van der Waals surface area contributed by atoms with Gasteiger partial charge >= 0.3 is 0 Å². The predicted octanol–water partition coefficient (Wildman–Crippen LogP) is 1.46. The van der Waals surface area contributed by atoms with Crippen molar-refractivity contribution in [1.82, 2.24) is 24.8 Å². The van der Waals surface area contributed by atoms with Crippen LogP contribution < -0.4 is 0 Å². The largest absolute Gasteiger partial charge is 0.325 e. The molecular weight excluding hydrogens is 214 g/mol. The minimum absolute atomic E-state index is 0.380. The van der Waals surface area contributed by atoms with Crippen molar-refractivity contribution in [2.24, 2.45) is 0 Å². The summed E-state index contributed by atoms with van der Waals surface area (Å²) in [6.45, 7) is 6.17. The number of fused-ring (bicyclic) bond motifs is 2. The van der Waals surface area contributed by atoms with Crippen LogP contribution in [0.3, 0.4) is 0 Å². The van der Waals surface area contributed by atoms with E-state index >= 15 is 0 Å². The zero-order valence-corrected chi connectivity index (χ0v) is 10.5. The zero-order chi connectivity index (χ0) is 12.0. The van der Waals surface area contributed by atoms with Gasteiger partial charge in [0.25, 0.3) is 0 Å². The number of likely N-dealkylation sites (N-methyl/N-ethyl adjacent to an activating group) is 1. The molecule has 0 aliphatic carbocycles. The number of nitrogens with one attached hydrogen (secondary N) is 1. The first-order valence-corrected chi connectivity index (χ1v) is 6.07. The first-order valence-electron chi connectivity index (χ1n) is 6.07. The molecule has 1 aliphatic heterocycles. The number of H-pyrrole nitrogens is 1. The number of imidazole rings is 1. The molecule has 1 N–H and O–H groups in total. The normalized spacial score (nSPS) is 16.7. The van der Waals surface area contributed by atoms with Crippen LogP contribution in [0, 0.1) is 0 Å². The van der Waals surface area contributed by atoms with E-state index in [1.165, 1.54) is 0 Å². The lowest BCUT2D eigenvalue weighted by molar-refractivity contribution is 0.305. The van der Waals surface area contributed by atoms with Gasteiger partial charge in [-0.1, -0.05) is 13.8 Å². The molecule has 0 bridgehead atoms. The number of rotatable bonds is 1. The van der Waals surface area contributed by atoms with Gasteiger partial charge in [0.15, 0.2) is 11.3 Å². The maximum absolute atomic E-state index is 4.65. The molecule has 0 saturated heterocycles. The number of nitrogens with zero attached hydrogens (tertiary/aromatic N) is 4. The van der Waals surface area contributed by atoms with E-state index < -0.39 is 0 Å². The quantitative estimate of drug-likeness (QED) is 0.807. The van der Waals surface area contributed by atoms with Crippen LogP contribution in [0.4, 0.5) is 0 Å².